The first kappa shape index (κ1) is 12.4. The van der Waals surface area contributed by atoms with E-state index in [0.29, 0.717) is 0 Å². The molecule has 2 rings (SSSR count). The van der Waals surface area contributed by atoms with Gasteiger partial charge in [0, 0.05) is 6.04 Å². The van der Waals surface area contributed by atoms with Gasteiger partial charge in [-0.15, -0.1) is 0 Å². The molecule has 0 amide bonds. The van der Waals surface area contributed by atoms with Crippen molar-refractivity contribution in [1.29, 1.82) is 0 Å². The van der Waals surface area contributed by atoms with Crippen LogP contribution in [0, 0.1) is 5.92 Å². The lowest BCUT2D eigenvalue weighted by molar-refractivity contribution is 0.297. The molecule has 2 heteroatoms. The molecular weight excluding hydrogens is 196 g/mol. The molecule has 0 aromatic rings. The zero-order chi connectivity index (χ0) is 11.2. The van der Waals surface area contributed by atoms with Crippen LogP contribution in [0.4, 0.5) is 0 Å². The van der Waals surface area contributed by atoms with Gasteiger partial charge in [0.2, 0.25) is 0 Å². The minimum Gasteiger partial charge on any atom is -0.314 e. The smallest absolute Gasteiger partial charge is 0.00797 e. The summed E-state index contributed by atoms with van der Waals surface area (Å²) in [7, 11) is 0. The van der Waals surface area contributed by atoms with Crippen LogP contribution in [-0.2, 0) is 0 Å². The van der Waals surface area contributed by atoms with Crippen molar-refractivity contribution in [2.75, 3.05) is 26.2 Å². The van der Waals surface area contributed by atoms with Gasteiger partial charge in [-0.2, -0.15) is 0 Å². The molecule has 1 unspecified atom stereocenters. The Bertz CT molecular complexity index is 189. The molecule has 1 atom stereocenters. The zero-order valence-corrected chi connectivity index (χ0v) is 10.9. The van der Waals surface area contributed by atoms with Gasteiger partial charge >= 0.3 is 0 Å². The highest BCUT2D eigenvalue weighted by molar-refractivity contribution is 4.76. The molecule has 0 radical (unpaired) electrons. The van der Waals surface area contributed by atoms with Crippen LogP contribution in [0.5, 0.6) is 0 Å². The Morgan fingerprint density at radius 1 is 1.12 bits per heavy atom. The largest absolute Gasteiger partial charge is 0.314 e. The number of nitrogens with one attached hydrogen (secondary N) is 1. The molecule has 2 nitrogen and oxygen atoms in total. The topological polar surface area (TPSA) is 15.3 Å². The van der Waals surface area contributed by atoms with Crippen molar-refractivity contribution >= 4 is 0 Å². The van der Waals surface area contributed by atoms with Gasteiger partial charge in [-0.05, 0) is 64.2 Å². The van der Waals surface area contributed by atoms with Crippen LogP contribution in [0.15, 0.2) is 0 Å². The first-order valence-corrected chi connectivity index (χ1v) is 7.34. The van der Waals surface area contributed by atoms with E-state index < -0.39 is 0 Å². The third-order valence-corrected chi connectivity index (χ3v) is 4.19. The van der Waals surface area contributed by atoms with Crippen LogP contribution in [0.25, 0.3) is 0 Å². The van der Waals surface area contributed by atoms with Gasteiger partial charge in [0.15, 0.2) is 0 Å². The first-order valence-electron chi connectivity index (χ1n) is 7.34. The highest BCUT2D eigenvalue weighted by Gasteiger charge is 2.20. The van der Waals surface area contributed by atoms with Crippen LogP contribution in [0.1, 0.15) is 51.9 Å². The maximum atomic E-state index is 3.76. The fraction of sp³-hybridized carbons (Fsp3) is 1.00. The fourth-order valence-corrected chi connectivity index (χ4v) is 2.78. The van der Waals surface area contributed by atoms with Gasteiger partial charge in [0.25, 0.3) is 0 Å². The van der Waals surface area contributed by atoms with E-state index in [1.807, 2.05) is 0 Å². The van der Waals surface area contributed by atoms with Crippen LogP contribution in [0.3, 0.4) is 0 Å². The number of hydrogen-bond acceptors (Lipinski definition) is 2. The van der Waals surface area contributed by atoms with E-state index in [4.69, 9.17) is 0 Å². The van der Waals surface area contributed by atoms with Crippen LogP contribution in [0.2, 0.25) is 0 Å². The lowest BCUT2D eigenvalue weighted by Crippen LogP contribution is -2.31. The highest BCUT2D eigenvalue weighted by Crippen LogP contribution is 2.33. The van der Waals surface area contributed by atoms with E-state index in [-0.39, 0.29) is 0 Å². The summed E-state index contributed by atoms with van der Waals surface area (Å²) in [5.41, 5.74) is 0. The van der Waals surface area contributed by atoms with Crippen molar-refractivity contribution in [3.05, 3.63) is 0 Å². The number of hydrogen-bond donors (Lipinski definition) is 1. The summed E-state index contributed by atoms with van der Waals surface area (Å²) >= 11 is 0. The molecule has 1 aliphatic carbocycles. The molecule has 0 spiro atoms. The van der Waals surface area contributed by atoms with Crippen LogP contribution >= 0.6 is 0 Å². The molecule has 1 heterocycles. The minimum atomic E-state index is 0.802. The summed E-state index contributed by atoms with van der Waals surface area (Å²) in [6, 6.07) is 0.802. The molecule has 0 aromatic heterocycles. The van der Waals surface area contributed by atoms with Gasteiger partial charge in [-0.1, -0.05) is 19.8 Å². The van der Waals surface area contributed by atoms with Crippen molar-refractivity contribution in [2.45, 2.75) is 57.9 Å². The molecule has 1 saturated carbocycles. The van der Waals surface area contributed by atoms with E-state index >= 15 is 0 Å². The Hall–Kier alpha value is -0.0800. The molecule has 2 aliphatic rings. The predicted molar refractivity (Wildman–Crippen MR) is 69.7 cm³/mol. The molecule has 1 aliphatic heterocycles. The Morgan fingerprint density at radius 2 is 2.00 bits per heavy atom. The van der Waals surface area contributed by atoms with Gasteiger partial charge in [-0.25, -0.2) is 0 Å². The lowest BCUT2D eigenvalue weighted by atomic mass is 10.1. The van der Waals surface area contributed by atoms with Crippen molar-refractivity contribution in [1.82, 2.24) is 10.2 Å². The molecule has 2 fully saturated rings. The summed E-state index contributed by atoms with van der Waals surface area (Å²) < 4.78 is 0. The molecular formula is C14H28N2. The third-order valence-electron chi connectivity index (χ3n) is 4.19. The van der Waals surface area contributed by atoms with Crippen molar-refractivity contribution < 1.29 is 0 Å². The average Bonchev–Trinajstić information content (AvgIpc) is 3.12. The van der Waals surface area contributed by atoms with Crippen LogP contribution < -0.4 is 5.32 Å². The highest BCUT2D eigenvalue weighted by atomic mass is 15.1. The summed E-state index contributed by atoms with van der Waals surface area (Å²) in [4.78, 5) is 2.59. The van der Waals surface area contributed by atoms with Gasteiger partial charge in [0.05, 0.1) is 0 Å². The summed E-state index contributed by atoms with van der Waals surface area (Å²) in [6.45, 7) is 7.39. The molecule has 1 saturated heterocycles. The quantitative estimate of drug-likeness (QED) is 0.698. The standard InChI is InChI=1S/C14H28N2/c1-2-16-11-4-6-14(9-12-16)15-10-3-5-13-7-8-13/h13-15H,2-12H2,1H3. The summed E-state index contributed by atoms with van der Waals surface area (Å²) in [5, 5.41) is 3.76. The average molecular weight is 224 g/mol. The number of rotatable bonds is 6. The molecule has 94 valence electrons. The third kappa shape index (κ3) is 4.42. The van der Waals surface area contributed by atoms with Crippen molar-refractivity contribution in [3.8, 4) is 0 Å². The van der Waals surface area contributed by atoms with Crippen molar-refractivity contribution in [2.24, 2.45) is 5.92 Å². The monoisotopic (exact) mass is 224 g/mol. The number of likely N-dealkylation sites (tertiary alicyclic amines) is 1. The van der Waals surface area contributed by atoms with Crippen molar-refractivity contribution in [3.63, 3.8) is 0 Å². The fourth-order valence-electron chi connectivity index (χ4n) is 2.78. The SMILES string of the molecule is CCN1CCCC(NCCCC2CC2)CC1. The Morgan fingerprint density at radius 3 is 2.75 bits per heavy atom. The molecule has 16 heavy (non-hydrogen) atoms. The Labute approximate surface area is 101 Å². The second kappa shape index (κ2) is 6.61. The lowest BCUT2D eigenvalue weighted by Gasteiger charge is -2.18. The zero-order valence-electron chi connectivity index (χ0n) is 10.9. The van der Waals surface area contributed by atoms with Gasteiger partial charge < -0.3 is 10.2 Å². The predicted octanol–water partition coefficient (Wildman–Crippen LogP) is 2.64. The Kier molecular flexibility index (Phi) is 5.11. The van der Waals surface area contributed by atoms with Gasteiger partial charge in [0.1, 0.15) is 0 Å². The van der Waals surface area contributed by atoms with Gasteiger partial charge in [-0.3, -0.25) is 0 Å². The minimum absolute atomic E-state index is 0.802. The van der Waals surface area contributed by atoms with E-state index in [9.17, 15) is 0 Å². The van der Waals surface area contributed by atoms with E-state index in [1.165, 1.54) is 71.1 Å². The van der Waals surface area contributed by atoms with E-state index in [0.717, 1.165) is 12.0 Å². The second-order valence-electron chi connectivity index (χ2n) is 5.60. The van der Waals surface area contributed by atoms with E-state index in [2.05, 4.69) is 17.1 Å². The molecule has 1 N–H and O–H groups in total. The molecule has 0 aromatic carbocycles. The maximum Gasteiger partial charge on any atom is 0.00797 e. The second-order valence-corrected chi connectivity index (χ2v) is 5.60. The summed E-state index contributed by atoms with van der Waals surface area (Å²) in [6.07, 6.45) is 10.0. The van der Waals surface area contributed by atoms with Crippen LogP contribution in [-0.4, -0.2) is 37.1 Å². The molecule has 0 bridgehead atoms. The van der Waals surface area contributed by atoms with E-state index in [1.54, 1.807) is 0 Å². The summed E-state index contributed by atoms with van der Waals surface area (Å²) in [5.74, 6) is 1.10. The first-order chi connectivity index (χ1) is 7.88. The Balaban J connectivity index is 1.54. The number of nitrogens with zero attached hydrogens (tertiary/aromatic N) is 1. The maximum absolute atomic E-state index is 3.76. The normalized spacial score (nSPS) is 27.9.